The molecule has 2 aliphatic rings. The number of aliphatic hydroxyl groups is 1. The molecule has 0 bridgehead atoms. The zero-order valence-electron chi connectivity index (χ0n) is 20.0. The zero-order valence-corrected chi connectivity index (χ0v) is 20.0. The van der Waals surface area contributed by atoms with Gasteiger partial charge in [0.2, 0.25) is 0 Å². The highest BCUT2D eigenvalue weighted by Crippen LogP contribution is 2.43. The molecule has 6 nitrogen and oxygen atoms in total. The predicted octanol–water partition coefficient (Wildman–Crippen LogP) is 5.63. The molecule has 1 aliphatic heterocycles. The van der Waals surface area contributed by atoms with Crippen molar-refractivity contribution in [2.45, 2.75) is 64.5 Å². The number of hydrogen-bond acceptors (Lipinski definition) is 5. The van der Waals surface area contributed by atoms with Crippen LogP contribution in [0.2, 0.25) is 0 Å². The molecule has 2 aromatic rings. The molecule has 1 saturated heterocycles. The number of amides is 1. The van der Waals surface area contributed by atoms with Gasteiger partial charge in [-0.15, -0.1) is 0 Å². The summed E-state index contributed by atoms with van der Waals surface area (Å²) in [5.41, 5.74) is 1.38. The summed E-state index contributed by atoms with van der Waals surface area (Å²) in [5, 5.41) is 11.3. The van der Waals surface area contributed by atoms with Crippen LogP contribution in [0.4, 0.5) is 0 Å². The highest BCUT2D eigenvalue weighted by Gasteiger charge is 2.48. The fourth-order valence-electron chi connectivity index (χ4n) is 4.94. The molecule has 180 valence electrons. The SMILES string of the molecule is CCCOc1ccc(/C(O)=C2/C(=O)C(=O)N(C3CCCCC3)C2c2cccc(OCC)c2)cc1. The normalized spacial score (nSPS) is 20.5. The Balaban J connectivity index is 1.79. The van der Waals surface area contributed by atoms with E-state index in [0.29, 0.717) is 30.3 Å². The standard InChI is InChI=1S/C28H33NO5/c1-3-17-34-22-15-13-19(14-16-22)26(30)24-25(20-9-8-12-23(18-20)33-4-2)29(28(32)27(24)31)21-10-6-5-7-11-21/h8-9,12-16,18,21,25,30H,3-7,10-11,17H2,1-2H3/b26-24-. The van der Waals surface area contributed by atoms with E-state index >= 15 is 0 Å². The maximum atomic E-state index is 13.3. The van der Waals surface area contributed by atoms with Crippen LogP contribution < -0.4 is 9.47 Å². The minimum Gasteiger partial charge on any atom is -0.507 e. The first-order valence-electron chi connectivity index (χ1n) is 12.3. The number of hydrogen-bond donors (Lipinski definition) is 1. The van der Waals surface area contributed by atoms with Gasteiger partial charge in [0.05, 0.1) is 24.8 Å². The van der Waals surface area contributed by atoms with Gasteiger partial charge in [-0.1, -0.05) is 38.3 Å². The summed E-state index contributed by atoms with van der Waals surface area (Å²) in [6.07, 6.45) is 5.80. The lowest BCUT2D eigenvalue weighted by molar-refractivity contribution is -0.141. The number of aliphatic hydroxyl groups excluding tert-OH is 1. The van der Waals surface area contributed by atoms with Gasteiger partial charge in [-0.2, -0.15) is 0 Å². The predicted molar refractivity (Wildman–Crippen MR) is 131 cm³/mol. The summed E-state index contributed by atoms with van der Waals surface area (Å²) in [4.78, 5) is 28.3. The molecule has 1 aliphatic carbocycles. The highest BCUT2D eigenvalue weighted by atomic mass is 16.5. The molecule has 4 rings (SSSR count). The van der Waals surface area contributed by atoms with Crippen molar-refractivity contribution in [3.8, 4) is 11.5 Å². The molecule has 2 aromatic carbocycles. The van der Waals surface area contributed by atoms with Crippen molar-refractivity contribution in [3.63, 3.8) is 0 Å². The molecule has 1 unspecified atom stereocenters. The molecule has 0 spiro atoms. The van der Waals surface area contributed by atoms with E-state index in [0.717, 1.165) is 44.1 Å². The molecule has 6 heteroatoms. The molecule has 1 N–H and O–H groups in total. The largest absolute Gasteiger partial charge is 0.507 e. The number of likely N-dealkylation sites (tertiary alicyclic amines) is 1. The third-order valence-corrected chi connectivity index (χ3v) is 6.53. The summed E-state index contributed by atoms with van der Waals surface area (Å²) in [7, 11) is 0. The van der Waals surface area contributed by atoms with Crippen LogP contribution in [0, 0.1) is 0 Å². The number of carbonyl (C=O) groups excluding carboxylic acids is 2. The second-order valence-electron chi connectivity index (χ2n) is 8.88. The molecule has 1 atom stereocenters. The van der Waals surface area contributed by atoms with Crippen molar-refractivity contribution in [1.29, 1.82) is 0 Å². The smallest absolute Gasteiger partial charge is 0.295 e. The van der Waals surface area contributed by atoms with Gasteiger partial charge in [0.1, 0.15) is 17.3 Å². The molecule has 0 radical (unpaired) electrons. The van der Waals surface area contributed by atoms with Gasteiger partial charge in [-0.25, -0.2) is 0 Å². The van der Waals surface area contributed by atoms with Crippen LogP contribution in [0.3, 0.4) is 0 Å². The maximum absolute atomic E-state index is 13.3. The Hall–Kier alpha value is -3.28. The zero-order chi connectivity index (χ0) is 24.1. The van der Waals surface area contributed by atoms with E-state index in [4.69, 9.17) is 9.47 Å². The minimum atomic E-state index is -0.653. The second-order valence-corrected chi connectivity index (χ2v) is 8.88. The number of Topliss-reactive ketones (excluding diaryl/α,β-unsaturated/α-hetero) is 1. The molecule has 1 amide bonds. The Labute approximate surface area is 201 Å². The molecule has 1 saturated carbocycles. The Morgan fingerprint density at radius 3 is 2.38 bits per heavy atom. The second kappa shape index (κ2) is 10.8. The summed E-state index contributed by atoms with van der Waals surface area (Å²) in [6.45, 7) is 5.06. The van der Waals surface area contributed by atoms with E-state index in [1.165, 1.54) is 0 Å². The quantitative estimate of drug-likeness (QED) is 0.312. The van der Waals surface area contributed by atoms with Crippen molar-refractivity contribution in [2.75, 3.05) is 13.2 Å². The third kappa shape index (κ3) is 4.81. The average molecular weight is 464 g/mol. The first kappa shape index (κ1) is 23.9. The molecule has 0 aromatic heterocycles. The van der Waals surface area contributed by atoms with Crippen LogP contribution in [0.25, 0.3) is 5.76 Å². The first-order chi connectivity index (χ1) is 16.5. The van der Waals surface area contributed by atoms with Crippen molar-refractivity contribution >= 4 is 17.4 Å². The van der Waals surface area contributed by atoms with E-state index < -0.39 is 17.7 Å². The fraction of sp³-hybridized carbons (Fsp3) is 0.429. The van der Waals surface area contributed by atoms with Crippen molar-refractivity contribution in [2.24, 2.45) is 0 Å². The number of nitrogens with zero attached hydrogens (tertiary/aromatic N) is 1. The maximum Gasteiger partial charge on any atom is 0.295 e. The van der Waals surface area contributed by atoms with Crippen LogP contribution in [0.5, 0.6) is 11.5 Å². The van der Waals surface area contributed by atoms with Gasteiger partial charge in [0, 0.05) is 11.6 Å². The topological polar surface area (TPSA) is 76.1 Å². The van der Waals surface area contributed by atoms with Gasteiger partial charge in [-0.3, -0.25) is 9.59 Å². The van der Waals surface area contributed by atoms with Crippen molar-refractivity contribution < 1.29 is 24.2 Å². The van der Waals surface area contributed by atoms with Gasteiger partial charge in [0.15, 0.2) is 0 Å². The molecule has 34 heavy (non-hydrogen) atoms. The number of carbonyl (C=O) groups is 2. The molecular formula is C28H33NO5. The lowest BCUT2D eigenvalue weighted by atomic mass is 9.91. The molecular weight excluding hydrogens is 430 g/mol. The van der Waals surface area contributed by atoms with E-state index in [-0.39, 0.29) is 17.4 Å². The Kier molecular flexibility index (Phi) is 7.56. The van der Waals surface area contributed by atoms with Crippen LogP contribution in [0.1, 0.15) is 69.5 Å². The van der Waals surface area contributed by atoms with E-state index in [1.807, 2.05) is 38.1 Å². The number of ketones is 1. The van der Waals surface area contributed by atoms with Gasteiger partial charge < -0.3 is 19.5 Å². The Bertz CT molecular complexity index is 1050. The first-order valence-corrected chi connectivity index (χ1v) is 12.3. The van der Waals surface area contributed by atoms with Crippen molar-refractivity contribution in [3.05, 3.63) is 65.2 Å². The Morgan fingerprint density at radius 2 is 1.71 bits per heavy atom. The summed E-state index contributed by atoms with van der Waals surface area (Å²) < 4.78 is 11.3. The number of rotatable bonds is 8. The summed E-state index contributed by atoms with van der Waals surface area (Å²) in [6, 6.07) is 13.8. The third-order valence-electron chi connectivity index (χ3n) is 6.53. The highest BCUT2D eigenvalue weighted by molar-refractivity contribution is 6.46. The van der Waals surface area contributed by atoms with E-state index in [9.17, 15) is 14.7 Å². The van der Waals surface area contributed by atoms with Crippen LogP contribution in [-0.2, 0) is 9.59 Å². The number of ether oxygens (including phenoxy) is 2. The summed E-state index contributed by atoms with van der Waals surface area (Å²) in [5.74, 6) is 0.0311. The lowest BCUT2D eigenvalue weighted by Crippen LogP contribution is -2.40. The lowest BCUT2D eigenvalue weighted by Gasteiger charge is -2.35. The van der Waals surface area contributed by atoms with E-state index in [2.05, 4.69) is 0 Å². The molecule has 1 heterocycles. The van der Waals surface area contributed by atoms with Crippen LogP contribution >= 0.6 is 0 Å². The van der Waals surface area contributed by atoms with Gasteiger partial charge in [-0.05, 0) is 68.1 Å². The monoisotopic (exact) mass is 463 g/mol. The Morgan fingerprint density at radius 1 is 0.971 bits per heavy atom. The van der Waals surface area contributed by atoms with Crippen LogP contribution in [-0.4, -0.2) is 41.0 Å². The number of benzene rings is 2. The van der Waals surface area contributed by atoms with Crippen molar-refractivity contribution in [1.82, 2.24) is 4.90 Å². The van der Waals surface area contributed by atoms with Gasteiger partial charge in [0.25, 0.3) is 11.7 Å². The van der Waals surface area contributed by atoms with E-state index in [1.54, 1.807) is 29.2 Å². The molecule has 2 fully saturated rings. The van der Waals surface area contributed by atoms with Gasteiger partial charge >= 0.3 is 0 Å². The fourth-order valence-corrected chi connectivity index (χ4v) is 4.94. The summed E-state index contributed by atoms with van der Waals surface area (Å²) >= 11 is 0. The van der Waals surface area contributed by atoms with Crippen LogP contribution in [0.15, 0.2) is 54.1 Å². The minimum absolute atomic E-state index is 0.0268. The average Bonchev–Trinajstić information content (AvgIpc) is 3.14.